The number of hydrogen-bond donors (Lipinski definition) is 1. The minimum atomic E-state index is 0.482. The van der Waals surface area contributed by atoms with Gasteiger partial charge in [0.2, 0.25) is 0 Å². The lowest BCUT2D eigenvalue weighted by molar-refractivity contribution is 0.712. The van der Waals surface area contributed by atoms with Gasteiger partial charge in [-0.25, -0.2) is 0 Å². The molecule has 0 saturated heterocycles. The smallest absolute Gasteiger partial charge is 0.107 e. The molecule has 0 bridgehead atoms. The summed E-state index contributed by atoms with van der Waals surface area (Å²) in [5.41, 5.74) is 10.0. The second-order valence-electron chi connectivity index (χ2n) is 3.75. The Morgan fingerprint density at radius 3 is 2.62 bits per heavy atom. The lowest BCUT2D eigenvalue weighted by atomic mass is 10.1. The van der Waals surface area contributed by atoms with E-state index in [1.165, 1.54) is 5.56 Å². The summed E-state index contributed by atoms with van der Waals surface area (Å²) in [6, 6.07) is 8.20. The van der Waals surface area contributed by atoms with Crippen molar-refractivity contribution in [1.29, 1.82) is 0 Å². The van der Waals surface area contributed by atoms with Crippen LogP contribution in [0.5, 0.6) is 0 Å². The van der Waals surface area contributed by atoms with E-state index in [2.05, 4.69) is 40.1 Å². The van der Waals surface area contributed by atoms with Crippen molar-refractivity contribution in [3.63, 3.8) is 0 Å². The molecule has 0 amide bonds. The average molecular weight is 280 g/mol. The summed E-state index contributed by atoms with van der Waals surface area (Å²) in [7, 11) is 1.91. The lowest BCUT2D eigenvalue weighted by Gasteiger charge is -2.02. The largest absolute Gasteiger partial charge is 0.325 e. The summed E-state index contributed by atoms with van der Waals surface area (Å²) in [5, 5.41) is 4.50. The first-order valence-electron chi connectivity index (χ1n) is 5.12. The van der Waals surface area contributed by atoms with Crippen molar-refractivity contribution in [3.05, 3.63) is 40.0 Å². The maximum atomic E-state index is 5.69. The molecule has 0 unspecified atom stereocenters. The third-order valence-electron chi connectivity index (χ3n) is 2.70. The van der Waals surface area contributed by atoms with E-state index in [1.54, 1.807) is 0 Å². The molecule has 0 aliphatic rings. The van der Waals surface area contributed by atoms with E-state index >= 15 is 0 Å². The molecule has 0 aliphatic carbocycles. The molecule has 0 saturated carbocycles. The molecule has 84 valence electrons. The Kier molecular flexibility index (Phi) is 3.12. The number of nitrogens with zero attached hydrogens (tertiary/aromatic N) is 2. The second-order valence-corrected chi connectivity index (χ2v) is 4.54. The Bertz CT molecular complexity index is 517. The zero-order valence-corrected chi connectivity index (χ0v) is 11.0. The summed E-state index contributed by atoms with van der Waals surface area (Å²) in [6.45, 7) is 2.56. The summed E-state index contributed by atoms with van der Waals surface area (Å²) >= 11 is 3.57. The van der Waals surface area contributed by atoms with Gasteiger partial charge in [0.25, 0.3) is 0 Å². The molecule has 0 fully saturated rings. The molecule has 4 heteroatoms. The lowest BCUT2D eigenvalue weighted by Crippen LogP contribution is -2.04. The molecule has 1 heterocycles. The Hall–Kier alpha value is -1.13. The number of hydrogen-bond acceptors (Lipinski definition) is 2. The Morgan fingerprint density at radius 1 is 1.38 bits per heavy atom. The quantitative estimate of drug-likeness (QED) is 0.919. The standard InChI is InChI=1S/C12H14BrN3/c1-8-5-3-4-6-9(8)12-11(13)10(7-14)16(2)15-12/h3-6H,7,14H2,1-2H3. The predicted octanol–water partition coefficient (Wildman–Crippen LogP) is 2.62. The summed E-state index contributed by atoms with van der Waals surface area (Å²) in [4.78, 5) is 0. The highest BCUT2D eigenvalue weighted by Gasteiger charge is 2.15. The van der Waals surface area contributed by atoms with Gasteiger partial charge in [-0.2, -0.15) is 5.10 Å². The highest BCUT2D eigenvalue weighted by Crippen LogP contribution is 2.31. The molecule has 2 N–H and O–H groups in total. The van der Waals surface area contributed by atoms with E-state index in [0.29, 0.717) is 6.54 Å². The number of aromatic nitrogens is 2. The third kappa shape index (κ3) is 1.79. The van der Waals surface area contributed by atoms with Crippen LogP contribution >= 0.6 is 15.9 Å². The van der Waals surface area contributed by atoms with Gasteiger partial charge in [-0.15, -0.1) is 0 Å². The first-order valence-corrected chi connectivity index (χ1v) is 5.92. The van der Waals surface area contributed by atoms with Crippen LogP contribution in [0, 0.1) is 6.92 Å². The molecule has 1 aromatic carbocycles. The van der Waals surface area contributed by atoms with E-state index in [9.17, 15) is 0 Å². The first kappa shape index (κ1) is 11.4. The zero-order valence-electron chi connectivity index (χ0n) is 9.37. The Balaban J connectivity index is 2.62. The average Bonchev–Trinajstić information content (AvgIpc) is 2.55. The maximum absolute atomic E-state index is 5.69. The SMILES string of the molecule is Cc1ccccc1-c1nn(C)c(CN)c1Br. The van der Waals surface area contributed by atoms with E-state index in [1.807, 2.05) is 23.9 Å². The van der Waals surface area contributed by atoms with Gasteiger partial charge < -0.3 is 5.73 Å². The molecule has 0 aliphatic heterocycles. The summed E-state index contributed by atoms with van der Waals surface area (Å²) in [6.07, 6.45) is 0. The highest BCUT2D eigenvalue weighted by molar-refractivity contribution is 9.10. The van der Waals surface area contributed by atoms with Gasteiger partial charge in [0.05, 0.1) is 10.2 Å². The van der Waals surface area contributed by atoms with Crippen molar-refractivity contribution in [3.8, 4) is 11.3 Å². The first-order chi connectivity index (χ1) is 7.65. The Labute approximate surface area is 103 Å². The van der Waals surface area contributed by atoms with Crippen molar-refractivity contribution >= 4 is 15.9 Å². The Morgan fingerprint density at radius 2 is 2.06 bits per heavy atom. The number of halogens is 1. The second kappa shape index (κ2) is 4.39. The molecule has 0 radical (unpaired) electrons. The number of benzene rings is 1. The van der Waals surface area contributed by atoms with Crippen LogP contribution in [0.4, 0.5) is 0 Å². The molecule has 1 aromatic heterocycles. The fourth-order valence-corrected chi connectivity index (χ4v) is 2.48. The molecule has 0 spiro atoms. The topological polar surface area (TPSA) is 43.8 Å². The maximum Gasteiger partial charge on any atom is 0.107 e. The summed E-state index contributed by atoms with van der Waals surface area (Å²) < 4.78 is 2.82. The van der Waals surface area contributed by atoms with Crippen molar-refractivity contribution in [1.82, 2.24) is 9.78 Å². The van der Waals surface area contributed by atoms with Crippen LogP contribution in [-0.2, 0) is 13.6 Å². The van der Waals surface area contributed by atoms with E-state index in [4.69, 9.17) is 5.73 Å². The van der Waals surface area contributed by atoms with Crippen molar-refractivity contribution in [2.24, 2.45) is 12.8 Å². The fraction of sp³-hybridized carbons (Fsp3) is 0.250. The van der Waals surface area contributed by atoms with Crippen LogP contribution in [0.25, 0.3) is 11.3 Å². The van der Waals surface area contributed by atoms with E-state index in [-0.39, 0.29) is 0 Å². The van der Waals surface area contributed by atoms with E-state index in [0.717, 1.165) is 21.4 Å². The molecule has 16 heavy (non-hydrogen) atoms. The van der Waals surface area contributed by atoms with Crippen LogP contribution in [0.15, 0.2) is 28.7 Å². The van der Waals surface area contributed by atoms with Crippen LogP contribution in [-0.4, -0.2) is 9.78 Å². The summed E-state index contributed by atoms with van der Waals surface area (Å²) in [5.74, 6) is 0. The molecule has 0 atom stereocenters. The van der Waals surface area contributed by atoms with Gasteiger partial charge >= 0.3 is 0 Å². The zero-order chi connectivity index (χ0) is 11.7. The molecule has 3 nitrogen and oxygen atoms in total. The van der Waals surface area contributed by atoms with Gasteiger partial charge in [0.15, 0.2) is 0 Å². The van der Waals surface area contributed by atoms with Crippen LogP contribution < -0.4 is 5.73 Å². The molecular weight excluding hydrogens is 266 g/mol. The van der Waals surface area contributed by atoms with Gasteiger partial charge in [-0.1, -0.05) is 24.3 Å². The number of aryl methyl sites for hydroxylation is 2. The van der Waals surface area contributed by atoms with Crippen LogP contribution in [0.2, 0.25) is 0 Å². The normalized spacial score (nSPS) is 10.8. The predicted molar refractivity (Wildman–Crippen MR) is 69.0 cm³/mol. The number of nitrogens with two attached hydrogens (primary N) is 1. The number of rotatable bonds is 2. The van der Waals surface area contributed by atoms with Gasteiger partial charge in [0, 0.05) is 19.2 Å². The van der Waals surface area contributed by atoms with Crippen molar-refractivity contribution < 1.29 is 0 Å². The minimum absolute atomic E-state index is 0.482. The van der Waals surface area contributed by atoms with Gasteiger partial charge in [0.1, 0.15) is 5.69 Å². The molecule has 2 rings (SSSR count). The van der Waals surface area contributed by atoms with Crippen LogP contribution in [0.1, 0.15) is 11.3 Å². The van der Waals surface area contributed by atoms with Gasteiger partial charge in [-0.3, -0.25) is 4.68 Å². The highest BCUT2D eigenvalue weighted by atomic mass is 79.9. The molecular formula is C12H14BrN3. The van der Waals surface area contributed by atoms with Crippen molar-refractivity contribution in [2.75, 3.05) is 0 Å². The minimum Gasteiger partial charge on any atom is -0.325 e. The fourth-order valence-electron chi connectivity index (χ4n) is 1.77. The van der Waals surface area contributed by atoms with Crippen LogP contribution in [0.3, 0.4) is 0 Å². The molecule has 2 aromatic rings. The third-order valence-corrected chi connectivity index (χ3v) is 3.53. The van der Waals surface area contributed by atoms with E-state index < -0.39 is 0 Å². The van der Waals surface area contributed by atoms with Crippen molar-refractivity contribution in [2.45, 2.75) is 13.5 Å². The monoisotopic (exact) mass is 279 g/mol. The van der Waals surface area contributed by atoms with Gasteiger partial charge in [-0.05, 0) is 28.4 Å².